The molecule has 1 aliphatic heterocycles. The van der Waals surface area contributed by atoms with E-state index in [4.69, 9.17) is 4.42 Å². The Labute approximate surface area is 189 Å². The Morgan fingerprint density at radius 3 is 2.50 bits per heavy atom. The second-order valence-electron chi connectivity index (χ2n) is 8.34. The van der Waals surface area contributed by atoms with Crippen molar-refractivity contribution in [2.45, 2.75) is 45.7 Å². The number of amides is 2. The van der Waals surface area contributed by atoms with Crippen molar-refractivity contribution in [3.05, 3.63) is 83.6 Å². The van der Waals surface area contributed by atoms with Crippen molar-refractivity contribution in [1.29, 1.82) is 0 Å². The average Bonchev–Trinajstić information content (AvgIpc) is 3.49. The third-order valence-corrected chi connectivity index (χ3v) is 5.92. The largest absolute Gasteiger partial charge is 0.454 e. The van der Waals surface area contributed by atoms with Gasteiger partial charge < -0.3 is 18.8 Å². The molecule has 2 amide bonds. The number of rotatable bonds is 8. The molecule has 0 unspecified atom stereocenters. The zero-order chi connectivity index (χ0) is 22.3. The van der Waals surface area contributed by atoms with E-state index in [0.717, 1.165) is 43.8 Å². The van der Waals surface area contributed by atoms with Crippen molar-refractivity contribution >= 4 is 11.8 Å². The first-order valence-electron chi connectivity index (χ1n) is 11.5. The minimum Gasteiger partial charge on any atom is -0.454 e. The van der Waals surface area contributed by atoms with Crippen LogP contribution < -0.4 is 0 Å². The van der Waals surface area contributed by atoms with Gasteiger partial charge in [-0.2, -0.15) is 0 Å². The summed E-state index contributed by atoms with van der Waals surface area (Å²) in [7, 11) is 0. The van der Waals surface area contributed by atoms with Gasteiger partial charge >= 0.3 is 0 Å². The van der Waals surface area contributed by atoms with E-state index in [-0.39, 0.29) is 11.8 Å². The number of nitrogens with zero attached hydrogens (tertiary/aromatic N) is 3. The molecule has 1 saturated heterocycles. The number of likely N-dealkylation sites (tertiary alicyclic amines) is 1. The van der Waals surface area contributed by atoms with Crippen molar-refractivity contribution in [3.63, 3.8) is 0 Å². The van der Waals surface area contributed by atoms with Gasteiger partial charge in [0.25, 0.3) is 11.8 Å². The Kier molecular flexibility index (Phi) is 7.10. The number of carbonyl (C=O) groups excluding carboxylic acids is 2. The highest BCUT2D eigenvalue weighted by molar-refractivity contribution is 5.94. The lowest BCUT2D eigenvalue weighted by Crippen LogP contribution is -2.35. The lowest BCUT2D eigenvalue weighted by Gasteiger charge is -2.25. The fraction of sp³-hybridized carbons (Fsp3) is 0.385. The van der Waals surface area contributed by atoms with Gasteiger partial charge in [-0.05, 0) is 62.1 Å². The summed E-state index contributed by atoms with van der Waals surface area (Å²) in [5.41, 5.74) is 1.73. The number of benzene rings is 1. The van der Waals surface area contributed by atoms with Gasteiger partial charge in [-0.25, -0.2) is 0 Å². The van der Waals surface area contributed by atoms with Crippen LogP contribution in [0.4, 0.5) is 0 Å². The number of aromatic nitrogens is 1. The fourth-order valence-corrected chi connectivity index (χ4v) is 4.23. The number of piperidine rings is 1. The summed E-state index contributed by atoms with van der Waals surface area (Å²) in [5.74, 6) is 1.15. The maximum absolute atomic E-state index is 13.0. The van der Waals surface area contributed by atoms with E-state index in [9.17, 15) is 9.59 Å². The molecule has 6 nitrogen and oxygen atoms in total. The normalized spacial score (nSPS) is 13.8. The molecule has 0 saturated carbocycles. The number of hydrogen-bond donors (Lipinski definition) is 0. The van der Waals surface area contributed by atoms with Crippen molar-refractivity contribution in [1.82, 2.24) is 14.4 Å². The molecule has 0 radical (unpaired) electrons. The predicted molar refractivity (Wildman–Crippen MR) is 123 cm³/mol. The zero-order valence-electron chi connectivity index (χ0n) is 18.7. The molecule has 0 atom stereocenters. The third kappa shape index (κ3) is 5.13. The van der Waals surface area contributed by atoms with E-state index >= 15 is 0 Å². The highest BCUT2D eigenvalue weighted by Gasteiger charge is 2.21. The maximum atomic E-state index is 13.0. The molecule has 1 aromatic carbocycles. The van der Waals surface area contributed by atoms with E-state index in [1.807, 2.05) is 64.5 Å². The van der Waals surface area contributed by atoms with Gasteiger partial charge in [-0.15, -0.1) is 0 Å². The summed E-state index contributed by atoms with van der Waals surface area (Å²) in [6, 6.07) is 17.1. The van der Waals surface area contributed by atoms with Crippen LogP contribution in [-0.4, -0.2) is 45.8 Å². The van der Waals surface area contributed by atoms with Gasteiger partial charge in [-0.3, -0.25) is 9.59 Å². The Morgan fingerprint density at radius 2 is 1.75 bits per heavy atom. The highest BCUT2D eigenvalue weighted by atomic mass is 16.4. The lowest BCUT2D eigenvalue weighted by atomic mass is 10.1. The summed E-state index contributed by atoms with van der Waals surface area (Å²) in [5, 5.41) is 0. The van der Waals surface area contributed by atoms with E-state index in [2.05, 4.69) is 11.5 Å². The molecular weight excluding hydrogens is 402 g/mol. The Morgan fingerprint density at radius 1 is 0.969 bits per heavy atom. The molecule has 0 aliphatic carbocycles. The second kappa shape index (κ2) is 10.4. The summed E-state index contributed by atoms with van der Waals surface area (Å²) in [4.78, 5) is 29.5. The van der Waals surface area contributed by atoms with Gasteiger partial charge in [0, 0.05) is 37.1 Å². The first kappa shape index (κ1) is 21.9. The van der Waals surface area contributed by atoms with Crippen LogP contribution in [0.25, 0.3) is 0 Å². The molecule has 1 aliphatic rings. The molecule has 3 aromatic rings. The molecule has 0 bridgehead atoms. The van der Waals surface area contributed by atoms with Gasteiger partial charge in [-0.1, -0.05) is 25.1 Å². The highest BCUT2D eigenvalue weighted by Crippen LogP contribution is 2.18. The summed E-state index contributed by atoms with van der Waals surface area (Å²) < 4.78 is 7.98. The smallest absolute Gasteiger partial charge is 0.289 e. The van der Waals surface area contributed by atoms with Crippen LogP contribution >= 0.6 is 0 Å². The molecular formula is C26H31N3O3. The fourth-order valence-electron chi connectivity index (χ4n) is 4.23. The van der Waals surface area contributed by atoms with Crippen molar-refractivity contribution < 1.29 is 14.0 Å². The molecule has 0 N–H and O–H groups in total. The lowest BCUT2D eigenvalue weighted by molar-refractivity contribution is 0.0688. The first-order valence-corrected chi connectivity index (χ1v) is 11.5. The van der Waals surface area contributed by atoms with E-state index in [1.165, 1.54) is 6.42 Å². The van der Waals surface area contributed by atoms with Crippen LogP contribution in [0.3, 0.4) is 0 Å². The monoisotopic (exact) mass is 433 g/mol. The van der Waals surface area contributed by atoms with Crippen LogP contribution in [0.5, 0.6) is 0 Å². The average molecular weight is 434 g/mol. The molecule has 32 heavy (non-hydrogen) atoms. The predicted octanol–water partition coefficient (Wildman–Crippen LogP) is 4.81. The van der Waals surface area contributed by atoms with Crippen LogP contribution in [0.15, 0.2) is 65.2 Å². The van der Waals surface area contributed by atoms with Gasteiger partial charge in [0.1, 0.15) is 5.76 Å². The van der Waals surface area contributed by atoms with Crippen molar-refractivity contribution in [2.75, 3.05) is 19.6 Å². The Hall–Kier alpha value is -3.28. The van der Waals surface area contributed by atoms with Crippen LogP contribution in [-0.2, 0) is 13.1 Å². The number of carbonyl (C=O) groups is 2. The van der Waals surface area contributed by atoms with Crippen molar-refractivity contribution in [2.24, 2.45) is 0 Å². The molecule has 4 rings (SSSR count). The van der Waals surface area contributed by atoms with Crippen LogP contribution in [0.1, 0.15) is 65.0 Å². The maximum Gasteiger partial charge on any atom is 0.289 e. The molecule has 0 spiro atoms. The molecule has 6 heteroatoms. The summed E-state index contributed by atoms with van der Waals surface area (Å²) in [6.45, 7) is 5.42. The Bertz CT molecular complexity index is 1030. The standard InChI is InChI=1S/C26H31N3O3/c1-2-15-29(25(30)21-10-5-3-6-11-21)19-22-12-9-18-28(22)20-23-13-14-24(32-23)26(31)27-16-7-4-8-17-27/h3,5-6,9-14,18H,2,4,7-8,15-17,19-20H2,1H3. The molecule has 2 aromatic heterocycles. The minimum atomic E-state index is -0.0220. The quantitative estimate of drug-likeness (QED) is 0.512. The summed E-state index contributed by atoms with van der Waals surface area (Å²) in [6.07, 6.45) is 6.18. The molecule has 3 heterocycles. The first-order chi connectivity index (χ1) is 15.7. The SMILES string of the molecule is CCCN(Cc1cccn1Cc1ccc(C(=O)N2CCCCC2)o1)C(=O)c1ccccc1. The summed E-state index contributed by atoms with van der Waals surface area (Å²) >= 11 is 0. The number of furan rings is 1. The van der Waals surface area contributed by atoms with Gasteiger partial charge in [0.2, 0.25) is 0 Å². The van der Waals surface area contributed by atoms with Crippen LogP contribution in [0, 0.1) is 0 Å². The van der Waals surface area contributed by atoms with E-state index in [1.54, 1.807) is 6.07 Å². The minimum absolute atomic E-state index is 0.0220. The van der Waals surface area contributed by atoms with Crippen molar-refractivity contribution in [3.8, 4) is 0 Å². The molecule has 1 fully saturated rings. The van der Waals surface area contributed by atoms with E-state index < -0.39 is 0 Å². The van der Waals surface area contributed by atoms with Gasteiger partial charge in [0.05, 0.1) is 13.1 Å². The topological polar surface area (TPSA) is 58.7 Å². The third-order valence-electron chi connectivity index (χ3n) is 5.92. The van der Waals surface area contributed by atoms with Crippen LogP contribution in [0.2, 0.25) is 0 Å². The number of hydrogen-bond acceptors (Lipinski definition) is 3. The second-order valence-corrected chi connectivity index (χ2v) is 8.34. The molecule has 168 valence electrons. The zero-order valence-corrected chi connectivity index (χ0v) is 18.7. The van der Waals surface area contributed by atoms with Gasteiger partial charge in [0.15, 0.2) is 5.76 Å². The van der Waals surface area contributed by atoms with E-state index in [0.29, 0.717) is 31.0 Å². The Balaban J connectivity index is 1.44.